The molecule has 0 spiro atoms. The Labute approximate surface area is 444 Å². The molecule has 0 saturated carbocycles. The van der Waals surface area contributed by atoms with E-state index in [1.165, 1.54) is 193 Å². The van der Waals surface area contributed by atoms with Gasteiger partial charge in [0.15, 0.2) is 12.6 Å². The van der Waals surface area contributed by atoms with Gasteiger partial charge < -0.3 is 64.2 Å². The molecule has 2 saturated heterocycles. The van der Waals surface area contributed by atoms with Crippen LogP contribution < -0.4 is 0 Å². The van der Waals surface area contributed by atoms with Crippen molar-refractivity contribution in [1.29, 1.82) is 0 Å². The van der Waals surface area contributed by atoms with Crippen LogP contribution in [-0.4, -0.2) is 142 Å². The second-order valence-corrected chi connectivity index (χ2v) is 21.5. The molecule has 2 aliphatic heterocycles. The molecule has 11 unspecified atom stereocenters. The zero-order valence-electron chi connectivity index (χ0n) is 46.4. The fourth-order valence-electron chi connectivity index (χ4n) is 9.87. The summed E-state index contributed by atoms with van der Waals surface area (Å²) in [4.78, 5) is 13.1. The van der Waals surface area contributed by atoms with Gasteiger partial charge in [-0.1, -0.05) is 225 Å². The Kier molecular flexibility index (Phi) is 43.5. The lowest BCUT2D eigenvalue weighted by atomic mass is 9.98. The van der Waals surface area contributed by atoms with Crippen molar-refractivity contribution in [3.8, 4) is 0 Å². The number of hydrogen-bond acceptors (Lipinski definition) is 14. The Morgan fingerprint density at radius 2 is 0.808 bits per heavy atom. The maximum absolute atomic E-state index is 13.1. The number of aliphatic hydroxyl groups excluding tert-OH is 7. The van der Waals surface area contributed by atoms with Crippen LogP contribution in [0.3, 0.4) is 0 Å². The molecular weight excluding hydrogens is 933 g/mol. The Balaban J connectivity index is 1.69. The van der Waals surface area contributed by atoms with Gasteiger partial charge in [-0.15, -0.1) is 0 Å². The topological polar surface area (TPSA) is 214 Å². The molecule has 432 valence electrons. The van der Waals surface area contributed by atoms with Gasteiger partial charge in [-0.25, -0.2) is 0 Å². The fraction of sp³-hybridized carbons (Fsp3) is 0.949. The Hall–Kier alpha value is -1.27. The third kappa shape index (κ3) is 33.6. The Bertz CT molecular complexity index is 1260. The van der Waals surface area contributed by atoms with Gasteiger partial charge in [0.25, 0.3) is 0 Å². The first-order valence-corrected chi connectivity index (χ1v) is 30.3. The number of hydrogen-bond donors (Lipinski definition) is 7. The van der Waals surface area contributed by atoms with Crippen LogP contribution in [0, 0.1) is 0 Å². The highest BCUT2D eigenvalue weighted by molar-refractivity contribution is 5.69. The zero-order chi connectivity index (χ0) is 53.0. The third-order valence-corrected chi connectivity index (χ3v) is 14.8. The molecule has 11 atom stereocenters. The average Bonchev–Trinajstić information content (AvgIpc) is 3.39. The summed E-state index contributed by atoms with van der Waals surface area (Å²) in [6, 6.07) is 0. The Morgan fingerprint density at radius 3 is 1.25 bits per heavy atom. The van der Waals surface area contributed by atoms with Crippen LogP contribution in [-0.2, 0) is 33.2 Å². The van der Waals surface area contributed by atoms with Crippen molar-refractivity contribution in [2.75, 3.05) is 33.0 Å². The molecule has 14 heteroatoms. The summed E-state index contributed by atoms with van der Waals surface area (Å²) in [7, 11) is 0. The van der Waals surface area contributed by atoms with E-state index in [-0.39, 0.29) is 25.6 Å². The number of ether oxygens (including phenoxy) is 6. The van der Waals surface area contributed by atoms with E-state index in [4.69, 9.17) is 28.4 Å². The first kappa shape index (κ1) is 67.8. The van der Waals surface area contributed by atoms with E-state index in [1.807, 2.05) is 0 Å². The molecule has 0 aromatic rings. The van der Waals surface area contributed by atoms with Gasteiger partial charge in [-0.2, -0.15) is 0 Å². The van der Waals surface area contributed by atoms with Gasteiger partial charge in [0.2, 0.25) is 0 Å². The van der Waals surface area contributed by atoms with Crippen LogP contribution in [0.15, 0.2) is 12.2 Å². The number of carbonyl (C=O) groups excluding carboxylic acids is 1. The number of rotatable bonds is 50. The van der Waals surface area contributed by atoms with Crippen molar-refractivity contribution in [3.63, 3.8) is 0 Å². The highest BCUT2D eigenvalue weighted by Gasteiger charge is 2.47. The molecule has 2 rings (SSSR count). The zero-order valence-corrected chi connectivity index (χ0v) is 46.4. The maximum Gasteiger partial charge on any atom is 0.306 e. The second-order valence-electron chi connectivity index (χ2n) is 21.5. The smallest absolute Gasteiger partial charge is 0.306 e. The largest absolute Gasteiger partial charge is 0.457 e. The fourth-order valence-corrected chi connectivity index (χ4v) is 9.87. The van der Waals surface area contributed by atoms with E-state index >= 15 is 0 Å². The number of aliphatic hydroxyl groups is 7. The summed E-state index contributed by atoms with van der Waals surface area (Å²) in [5, 5.41) is 72.4. The van der Waals surface area contributed by atoms with E-state index in [2.05, 4.69) is 26.0 Å². The predicted molar refractivity (Wildman–Crippen MR) is 289 cm³/mol. The molecule has 0 bridgehead atoms. The standard InChI is InChI=1S/C59H112O14/c1-3-5-7-9-11-13-15-17-19-21-22-23-24-25-27-29-31-33-35-37-39-41-43-68-45-48(71-51(61)42-40-38-36-34-32-30-28-26-20-18-16-14-12-10-8-6-4-2)46-69-58-57(67)55(65)53(63)50(73-58)47-70-59-56(66)54(64)52(62)49(44-60)72-59/h21-22,48-50,52-60,62-67H,3-20,23-47H2,1-2H3/b22-21-. The summed E-state index contributed by atoms with van der Waals surface area (Å²) in [6.45, 7) is 3.75. The summed E-state index contributed by atoms with van der Waals surface area (Å²) in [5.41, 5.74) is 0. The van der Waals surface area contributed by atoms with Crippen molar-refractivity contribution < 1.29 is 69.0 Å². The van der Waals surface area contributed by atoms with Crippen LogP contribution in [0.2, 0.25) is 0 Å². The van der Waals surface area contributed by atoms with Crippen molar-refractivity contribution in [1.82, 2.24) is 0 Å². The minimum atomic E-state index is -1.70. The van der Waals surface area contributed by atoms with Gasteiger partial charge in [-0.05, 0) is 38.5 Å². The molecule has 73 heavy (non-hydrogen) atoms. The van der Waals surface area contributed by atoms with Crippen molar-refractivity contribution in [3.05, 3.63) is 12.2 Å². The quantitative estimate of drug-likeness (QED) is 0.0172. The predicted octanol–water partition coefficient (Wildman–Crippen LogP) is 11.0. The van der Waals surface area contributed by atoms with Crippen molar-refractivity contribution in [2.24, 2.45) is 0 Å². The molecule has 2 heterocycles. The third-order valence-electron chi connectivity index (χ3n) is 14.8. The summed E-state index contributed by atoms with van der Waals surface area (Å²) < 4.78 is 34.4. The lowest BCUT2D eigenvalue weighted by molar-refractivity contribution is -0.332. The van der Waals surface area contributed by atoms with E-state index < -0.39 is 80.7 Å². The van der Waals surface area contributed by atoms with Gasteiger partial charge in [-0.3, -0.25) is 4.79 Å². The molecule has 14 nitrogen and oxygen atoms in total. The molecule has 7 N–H and O–H groups in total. The molecule has 0 aliphatic carbocycles. The van der Waals surface area contributed by atoms with Crippen LogP contribution in [0.1, 0.15) is 258 Å². The molecule has 2 aliphatic rings. The van der Waals surface area contributed by atoms with E-state index in [1.54, 1.807) is 0 Å². The van der Waals surface area contributed by atoms with E-state index in [0.29, 0.717) is 13.0 Å². The first-order chi connectivity index (χ1) is 35.6. The second kappa shape index (κ2) is 46.8. The number of esters is 1. The van der Waals surface area contributed by atoms with Crippen LogP contribution >= 0.6 is 0 Å². The normalized spacial score (nSPS) is 24.9. The van der Waals surface area contributed by atoms with Crippen molar-refractivity contribution in [2.45, 2.75) is 325 Å². The summed E-state index contributed by atoms with van der Waals surface area (Å²) in [5.74, 6) is -0.370. The number of allylic oxidation sites excluding steroid dienone is 2. The summed E-state index contributed by atoms with van der Waals surface area (Å²) in [6.07, 6.45) is 35.6. The lowest BCUT2D eigenvalue weighted by Gasteiger charge is -2.42. The molecular formula is C59H112O14. The molecule has 0 aromatic heterocycles. The molecule has 2 fully saturated rings. The van der Waals surface area contributed by atoms with Crippen LogP contribution in [0.4, 0.5) is 0 Å². The van der Waals surface area contributed by atoms with Gasteiger partial charge in [0.05, 0.1) is 26.4 Å². The molecule has 0 amide bonds. The minimum Gasteiger partial charge on any atom is -0.457 e. The van der Waals surface area contributed by atoms with E-state index in [0.717, 1.165) is 38.5 Å². The monoisotopic (exact) mass is 1040 g/mol. The minimum absolute atomic E-state index is 0.0669. The maximum atomic E-state index is 13.1. The van der Waals surface area contributed by atoms with Gasteiger partial charge in [0, 0.05) is 13.0 Å². The molecule has 0 radical (unpaired) electrons. The average molecular weight is 1050 g/mol. The lowest BCUT2D eigenvalue weighted by Crippen LogP contribution is -2.61. The van der Waals surface area contributed by atoms with Gasteiger partial charge in [0.1, 0.15) is 54.9 Å². The highest BCUT2D eigenvalue weighted by atomic mass is 16.7. The van der Waals surface area contributed by atoms with Crippen molar-refractivity contribution >= 4 is 5.97 Å². The SMILES string of the molecule is CCCCCCCCCC/C=C\CCCCCCCCCCCCOCC(COC1OC(COC2OC(CO)C(O)C(O)C2O)C(O)C(O)C1O)OC(=O)CCCCCCCCCCCCCCCCCCC. The highest BCUT2D eigenvalue weighted by Crippen LogP contribution is 2.27. The number of unbranched alkanes of at least 4 members (excludes halogenated alkanes) is 34. The van der Waals surface area contributed by atoms with Crippen LogP contribution in [0.5, 0.6) is 0 Å². The van der Waals surface area contributed by atoms with Crippen LogP contribution in [0.25, 0.3) is 0 Å². The summed E-state index contributed by atoms with van der Waals surface area (Å²) >= 11 is 0. The number of carbonyl (C=O) groups is 1. The van der Waals surface area contributed by atoms with Gasteiger partial charge >= 0.3 is 5.97 Å². The first-order valence-electron chi connectivity index (χ1n) is 30.3. The Morgan fingerprint density at radius 1 is 0.438 bits per heavy atom. The molecule has 0 aromatic carbocycles. The van der Waals surface area contributed by atoms with E-state index in [9.17, 15) is 40.5 Å².